The van der Waals surface area contributed by atoms with Crippen LogP contribution in [-0.2, 0) is 9.59 Å². The van der Waals surface area contributed by atoms with Crippen LogP contribution in [0, 0.1) is 0 Å². The van der Waals surface area contributed by atoms with Gasteiger partial charge in [-0.15, -0.1) is 0 Å². The number of rotatable bonds is 7. The van der Waals surface area contributed by atoms with Gasteiger partial charge in [0.05, 0.1) is 6.54 Å². The van der Waals surface area contributed by atoms with E-state index in [0.717, 1.165) is 18.1 Å². The van der Waals surface area contributed by atoms with Gasteiger partial charge in [-0.05, 0) is 26.2 Å². The maximum atomic E-state index is 11.3. The molecule has 0 aromatic carbocycles. The molecule has 17 heavy (non-hydrogen) atoms. The van der Waals surface area contributed by atoms with E-state index in [0.29, 0.717) is 6.42 Å². The van der Waals surface area contributed by atoms with Crippen molar-refractivity contribution in [2.24, 2.45) is 0 Å². The van der Waals surface area contributed by atoms with E-state index in [4.69, 9.17) is 0 Å². The number of Topliss-reactive ketones (excluding diaryl/α,β-unsaturated/α-hetero) is 1. The second-order valence-corrected chi connectivity index (χ2v) is 6.84. The lowest BCUT2D eigenvalue weighted by Gasteiger charge is -2.06. The van der Waals surface area contributed by atoms with E-state index in [1.54, 1.807) is 0 Å². The van der Waals surface area contributed by atoms with Crippen LogP contribution in [0.2, 0.25) is 0 Å². The predicted molar refractivity (Wildman–Crippen MR) is 77.3 cm³/mol. The quantitative estimate of drug-likeness (QED) is 0.574. The average molecular weight is 277 g/mol. The van der Waals surface area contributed by atoms with Crippen molar-refractivity contribution in [2.75, 3.05) is 12.3 Å². The zero-order chi connectivity index (χ0) is 11.8. The summed E-state index contributed by atoms with van der Waals surface area (Å²) < 4.78 is 0. The summed E-state index contributed by atoms with van der Waals surface area (Å²) in [6.45, 7) is 1.66. The van der Waals surface area contributed by atoms with Crippen LogP contribution in [0.15, 0.2) is 0 Å². The molecule has 0 aromatic heterocycles. The maximum absolute atomic E-state index is 11.3. The van der Waals surface area contributed by atoms with Crippen molar-refractivity contribution in [1.82, 2.24) is 5.32 Å². The van der Waals surface area contributed by atoms with E-state index in [1.165, 1.54) is 25.5 Å². The first-order valence-corrected chi connectivity index (χ1v) is 8.11. The molecule has 0 saturated carbocycles. The first-order chi connectivity index (χ1) is 7.68. The van der Waals surface area contributed by atoms with E-state index in [2.05, 4.69) is 5.32 Å². The molecular formula is C12H23NO2S2. The zero-order valence-electron chi connectivity index (χ0n) is 9.66. The van der Waals surface area contributed by atoms with Gasteiger partial charge in [0.15, 0.2) is 0 Å². The standard InChI is InChI=1S/C11H19NO2S2.CH4/c1-9(13)8-12-11(14)5-3-2-4-10-6-7-15-16-10;/h10H,2-8H2,1H3,(H,12,14);1H4. The van der Waals surface area contributed by atoms with Crippen LogP contribution < -0.4 is 5.32 Å². The van der Waals surface area contributed by atoms with Crippen LogP contribution in [0.4, 0.5) is 0 Å². The molecule has 1 N–H and O–H groups in total. The van der Waals surface area contributed by atoms with Crippen LogP contribution in [0.3, 0.4) is 0 Å². The van der Waals surface area contributed by atoms with Gasteiger partial charge in [-0.25, -0.2) is 0 Å². The van der Waals surface area contributed by atoms with Gasteiger partial charge in [-0.3, -0.25) is 9.59 Å². The van der Waals surface area contributed by atoms with Crippen LogP contribution in [-0.4, -0.2) is 29.2 Å². The van der Waals surface area contributed by atoms with Crippen molar-refractivity contribution in [2.45, 2.75) is 51.7 Å². The number of ketones is 1. The van der Waals surface area contributed by atoms with Crippen molar-refractivity contribution in [3.63, 3.8) is 0 Å². The van der Waals surface area contributed by atoms with Gasteiger partial charge in [-0.2, -0.15) is 0 Å². The minimum absolute atomic E-state index is 0. The molecule has 0 bridgehead atoms. The highest BCUT2D eigenvalue weighted by atomic mass is 33.1. The lowest BCUT2D eigenvalue weighted by atomic mass is 10.1. The Morgan fingerprint density at radius 2 is 2.12 bits per heavy atom. The minimum Gasteiger partial charge on any atom is -0.349 e. The summed E-state index contributed by atoms with van der Waals surface area (Å²) in [5.74, 6) is 1.28. The highest BCUT2D eigenvalue weighted by Crippen LogP contribution is 2.39. The number of hydrogen-bond donors (Lipinski definition) is 1. The number of amides is 1. The van der Waals surface area contributed by atoms with Crippen molar-refractivity contribution in [3.05, 3.63) is 0 Å². The largest absolute Gasteiger partial charge is 0.349 e. The second-order valence-electron chi connectivity index (χ2n) is 4.05. The molecule has 1 aliphatic heterocycles. The third-order valence-electron chi connectivity index (χ3n) is 2.44. The normalized spacial score (nSPS) is 18.5. The molecule has 1 atom stereocenters. The van der Waals surface area contributed by atoms with Gasteiger partial charge < -0.3 is 5.32 Å². The molecule has 1 aliphatic rings. The summed E-state index contributed by atoms with van der Waals surface area (Å²) in [5, 5.41) is 3.41. The molecule has 100 valence electrons. The molecule has 5 heteroatoms. The summed E-state index contributed by atoms with van der Waals surface area (Å²) in [4.78, 5) is 21.9. The average Bonchev–Trinajstić information content (AvgIpc) is 2.74. The monoisotopic (exact) mass is 277 g/mol. The summed E-state index contributed by atoms with van der Waals surface area (Å²) in [6, 6.07) is 0. The number of unbranched alkanes of at least 4 members (excludes halogenated alkanes) is 1. The lowest BCUT2D eigenvalue weighted by molar-refractivity contribution is -0.124. The van der Waals surface area contributed by atoms with Crippen molar-refractivity contribution < 1.29 is 9.59 Å². The van der Waals surface area contributed by atoms with Crippen LogP contribution in [0.25, 0.3) is 0 Å². The third kappa shape index (κ3) is 8.55. The van der Waals surface area contributed by atoms with E-state index >= 15 is 0 Å². The second kappa shape index (κ2) is 9.83. The molecule has 3 nitrogen and oxygen atoms in total. The molecule has 1 heterocycles. The fraction of sp³-hybridized carbons (Fsp3) is 0.833. The first kappa shape index (κ1) is 16.8. The Kier molecular flexibility index (Phi) is 9.74. The first-order valence-electron chi connectivity index (χ1n) is 5.73. The van der Waals surface area contributed by atoms with Crippen LogP contribution in [0.5, 0.6) is 0 Å². The fourth-order valence-corrected chi connectivity index (χ4v) is 4.56. The SMILES string of the molecule is C.CC(=O)CNC(=O)CCCCC1CCSS1. The molecule has 1 rings (SSSR count). The van der Waals surface area contributed by atoms with E-state index in [1.807, 2.05) is 21.6 Å². The summed E-state index contributed by atoms with van der Waals surface area (Å²) in [6.07, 6.45) is 5.14. The Morgan fingerprint density at radius 1 is 1.35 bits per heavy atom. The Hall–Kier alpha value is -0.160. The molecular weight excluding hydrogens is 254 g/mol. The third-order valence-corrected chi connectivity index (χ3v) is 5.45. The van der Waals surface area contributed by atoms with E-state index in [9.17, 15) is 9.59 Å². The molecule has 0 aromatic rings. The smallest absolute Gasteiger partial charge is 0.220 e. The number of carbonyl (C=O) groups is 2. The van der Waals surface area contributed by atoms with Crippen LogP contribution >= 0.6 is 21.6 Å². The summed E-state index contributed by atoms with van der Waals surface area (Å²) in [7, 11) is 3.94. The number of carbonyl (C=O) groups excluding carboxylic acids is 2. The van der Waals surface area contributed by atoms with Crippen molar-refractivity contribution in [1.29, 1.82) is 0 Å². The van der Waals surface area contributed by atoms with Crippen molar-refractivity contribution >= 4 is 33.3 Å². The summed E-state index contributed by atoms with van der Waals surface area (Å²) in [5.41, 5.74) is 0. The Labute approximate surface area is 112 Å². The van der Waals surface area contributed by atoms with E-state index in [-0.39, 0.29) is 25.7 Å². The van der Waals surface area contributed by atoms with Gasteiger partial charge in [0, 0.05) is 17.4 Å². The maximum Gasteiger partial charge on any atom is 0.220 e. The fourth-order valence-electron chi connectivity index (χ4n) is 1.53. The van der Waals surface area contributed by atoms with Gasteiger partial charge in [-0.1, -0.05) is 35.4 Å². The Morgan fingerprint density at radius 3 is 2.71 bits per heavy atom. The van der Waals surface area contributed by atoms with Crippen molar-refractivity contribution in [3.8, 4) is 0 Å². The van der Waals surface area contributed by atoms with E-state index < -0.39 is 0 Å². The molecule has 1 fully saturated rings. The van der Waals surface area contributed by atoms with Gasteiger partial charge in [0.25, 0.3) is 0 Å². The predicted octanol–water partition coefficient (Wildman–Crippen LogP) is 3.04. The highest BCUT2D eigenvalue weighted by molar-refractivity contribution is 8.77. The molecule has 1 saturated heterocycles. The lowest BCUT2D eigenvalue weighted by Crippen LogP contribution is -2.27. The topological polar surface area (TPSA) is 46.2 Å². The van der Waals surface area contributed by atoms with Crippen LogP contribution in [0.1, 0.15) is 46.5 Å². The minimum atomic E-state index is 0. The van der Waals surface area contributed by atoms with Gasteiger partial charge >= 0.3 is 0 Å². The molecule has 1 unspecified atom stereocenters. The van der Waals surface area contributed by atoms with Gasteiger partial charge in [0.2, 0.25) is 5.91 Å². The molecule has 0 spiro atoms. The zero-order valence-corrected chi connectivity index (χ0v) is 11.3. The molecule has 0 radical (unpaired) electrons. The Bertz CT molecular complexity index is 241. The Balaban J connectivity index is 0.00000256. The number of nitrogens with one attached hydrogen (secondary N) is 1. The number of hydrogen-bond acceptors (Lipinski definition) is 4. The summed E-state index contributed by atoms with van der Waals surface area (Å²) >= 11 is 0. The van der Waals surface area contributed by atoms with Gasteiger partial charge in [0.1, 0.15) is 5.78 Å². The molecule has 1 amide bonds. The highest BCUT2D eigenvalue weighted by Gasteiger charge is 2.15. The molecule has 0 aliphatic carbocycles.